The fourth-order valence-corrected chi connectivity index (χ4v) is 5.16. The van der Waals surface area contributed by atoms with Crippen LogP contribution in [0.4, 0.5) is 0 Å². The van der Waals surface area contributed by atoms with Crippen molar-refractivity contribution >= 4 is 5.91 Å². The van der Waals surface area contributed by atoms with Crippen LogP contribution in [0.15, 0.2) is 10.6 Å². The number of carbonyl (C=O) groups is 1. The number of hydrogen-bond donors (Lipinski definition) is 0. The molecule has 1 aliphatic heterocycles. The highest BCUT2D eigenvalue weighted by atomic mass is 16.5. The Kier molecular flexibility index (Phi) is 4.15. The quantitative estimate of drug-likeness (QED) is 0.837. The van der Waals surface area contributed by atoms with E-state index in [9.17, 15) is 4.79 Å². The topological polar surface area (TPSA) is 64.8 Å². The van der Waals surface area contributed by atoms with Crippen LogP contribution in [0.1, 0.15) is 51.0 Å². The number of morpholine rings is 1. The van der Waals surface area contributed by atoms with Crippen molar-refractivity contribution in [3.63, 3.8) is 0 Å². The van der Waals surface area contributed by atoms with Crippen LogP contribution in [0.25, 0.3) is 0 Å². The van der Waals surface area contributed by atoms with Gasteiger partial charge in [0.25, 0.3) is 0 Å². The number of carbonyl (C=O) groups excluding carboxylic acids is 1. The average Bonchev–Trinajstić information content (AvgIpc) is 3.21. The van der Waals surface area contributed by atoms with Crippen LogP contribution in [-0.2, 0) is 20.9 Å². The summed E-state index contributed by atoms with van der Waals surface area (Å²) in [5.41, 5.74) is 0.280. The largest absolute Gasteiger partial charge is 0.365 e. The SMILES string of the molecule is Cc1cc(COCC(=O)N2CC(C)(C)O[C@@]3(C[C@@H]4CC[C@H]3C4)C2)no1. The maximum Gasteiger partial charge on any atom is 0.248 e. The Balaban J connectivity index is 1.38. The Hall–Kier alpha value is -1.40. The van der Waals surface area contributed by atoms with Gasteiger partial charge in [0.15, 0.2) is 0 Å². The summed E-state index contributed by atoms with van der Waals surface area (Å²) in [5.74, 6) is 2.17. The number of aromatic nitrogens is 1. The molecule has 6 heteroatoms. The van der Waals surface area contributed by atoms with Crippen LogP contribution in [0.5, 0.6) is 0 Å². The number of hydrogen-bond acceptors (Lipinski definition) is 5. The van der Waals surface area contributed by atoms with Crippen LogP contribution in [0.3, 0.4) is 0 Å². The van der Waals surface area contributed by atoms with E-state index in [-0.39, 0.29) is 23.7 Å². The molecule has 138 valence electrons. The Bertz CT molecular complexity index is 656. The van der Waals surface area contributed by atoms with Crippen molar-refractivity contribution in [2.24, 2.45) is 11.8 Å². The highest BCUT2D eigenvalue weighted by molar-refractivity contribution is 5.77. The standard InChI is InChI=1S/C19H28N2O4/c1-13-6-16(20-24-13)9-23-10-17(22)21-11-18(2,3)25-19(12-21)8-14-4-5-15(19)7-14/h6,14-15H,4-5,7-12H2,1-3H3/t14-,15+,19+/m1/s1. The molecule has 0 unspecified atom stereocenters. The molecule has 0 aromatic carbocycles. The van der Waals surface area contributed by atoms with Crippen LogP contribution in [0.2, 0.25) is 0 Å². The summed E-state index contributed by atoms with van der Waals surface area (Å²) in [4.78, 5) is 14.7. The summed E-state index contributed by atoms with van der Waals surface area (Å²) in [6.07, 6.45) is 4.93. The molecule has 4 rings (SSSR count). The van der Waals surface area contributed by atoms with Crippen molar-refractivity contribution in [2.45, 2.75) is 64.3 Å². The highest BCUT2D eigenvalue weighted by Crippen LogP contribution is 2.55. The maximum absolute atomic E-state index is 12.7. The number of aryl methyl sites for hydroxylation is 1. The second-order valence-corrected chi connectivity index (χ2v) is 8.68. The molecule has 0 radical (unpaired) electrons. The highest BCUT2D eigenvalue weighted by Gasteiger charge is 2.57. The van der Waals surface area contributed by atoms with Gasteiger partial charge in [-0.15, -0.1) is 0 Å². The van der Waals surface area contributed by atoms with E-state index in [2.05, 4.69) is 19.0 Å². The van der Waals surface area contributed by atoms with E-state index in [1.165, 1.54) is 19.3 Å². The number of amides is 1. The summed E-state index contributed by atoms with van der Waals surface area (Å²) in [6, 6.07) is 1.83. The fourth-order valence-electron chi connectivity index (χ4n) is 5.16. The second kappa shape index (κ2) is 6.09. The van der Waals surface area contributed by atoms with E-state index in [1.807, 2.05) is 17.9 Å². The summed E-state index contributed by atoms with van der Waals surface area (Å²) in [6.45, 7) is 7.74. The van der Waals surface area contributed by atoms with Crippen molar-refractivity contribution in [3.05, 3.63) is 17.5 Å². The molecule has 3 fully saturated rings. The molecule has 1 aromatic rings. The van der Waals surface area contributed by atoms with Gasteiger partial charge in [0, 0.05) is 12.6 Å². The fraction of sp³-hybridized carbons (Fsp3) is 0.789. The second-order valence-electron chi connectivity index (χ2n) is 8.68. The monoisotopic (exact) mass is 348 g/mol. The lowest BCUT2D eigenvalue weighted by molar-refractivity contribution is -0.219. The molecule has 25 heavy (non-hydrogen) atoms. The predicted octanol–water partition coefficient (Wildman–Crippen LogP) is 2.70. The molecule has 2 heterocycles. The third kappa shape index (κ3) is 3.34. The minimum Gasteiger partial charge on any atom is -0.365 e. The smallest absolute Gasteiger partial charge is 0.248 e. The Morgan fingerprint density at radius 3 is 2.88 bits per heavy atom. The van der Waals surface area contributed by atoms with Crippen LogP contribution in [0, 0.1) is 18.8 Å². The molecule has 1 aromatic heterocycles. The zero-order chi connectivity index (χ0) is 17.7. The first-order valence-corrected chi connectivity index (χ1v) is 9.33. The molecule has 2 saturated carbocycles. The first-order chi connectivity index (χ1) is 11.9. The molecule has 6 nitrogen and oxygen atoms in total. The van der Waals surface area contributed by atoms with E-state index >= 15 is 0 Å². The molecule has 1 saturated heterocycles. The van der Waals surface area contributed by atoms with Crippen molar-refractivity contribution in [3.8, 4) is 0 Å². The van der Waals surface area contributed by atoms with Gasteiger partial charge in [-0.2, -0.15) is 0 Å². The lowest BCUT2D eigenvalue weighted by atomic mass is 9.81. The Labute approximate surface area is 148 Å². The maximum atomic E-state index is 12.7. The summed E-state index contributed by atoms with van der Waals surface area (Å²) in [5, 5.41) is 3.89. The Morgan fingerprint density at radius 2 is 2.24 bits per heavy atom. The van der Waals surface area contributed by atoms with Crippen molar-refractivity contribution in [1.29, 1.82) is 0 Å². The van der Waals surface area contributed by atoms with Gasteiger partial charge in [0.1, 0.15) is 18.1 Å². The van der Waals surface area contributed by atoms with Crippen molar-refractivity contribution in [1.82, 2.24) is 10.1 Å². The first kappa shape index (κ1) is 17.0. The minimum absolute atomic E-state index is 0.0405. The third-order valence-electron chi connectivity index (χ3n) is 5.93. The van der Waals surface area contributed by atoms with E-state index in [4.69, 9.17) is 14.0 Å². The lowest BCUT2D eigenvalue weighted by Crippen LogP contribution is -2.63. The lowest BCUT2D eigenvalue weighted by Gasteiger charge is -2.52. The molecule has 1 amide bonds. The molecular formula is C19H28N2O4. The van der Waals surface area contributed by atoms with Gasteiger partial charge in [-0.1, -0.05) is 5.16 Å². The summed E-state index contributed by atoms with van der Waals surface area (Å²) in [7, 11) is 0. The number of fused-ring (bicyclic) bond motifs is 3. The zero-order valence-electron chi connectivity index (χ0n) is 15.4. The minimum atomic E-state index is -0.304. The normalized spacial score (nSPS) is 33.3. The average molecular weight is 348 g/mol. The van der Waals surface area contributed by atoms with E-state index in [0.717, 1.165) is 23.8 Å². The van der Waals surface area contributed by atoms with Gasteiger partial charge in [-0.25, -0.2) is 0 Å². The van der Waals surface area contributed by atoms with Gasteiger partial charge in [-0.05, 0) is 58.3 Å². The van der Waals surface area contributed by atoms with E-state index < -0.39 is 0 Å². The van der Waals surface area contributed by atoms with E-state index in [1.54, 1.807) is 0 Å². The third-order valence-corrected chi connectivity index (χ3v) is 5.93. The summed E-state index contributed by atoms with van der Waals surface area (Å²) < 4.78 is 17.1. The van der Waals surface area contributed by atoms with Gasteiger partial charge in [-0.3, -0.25) is 4.79 Å². The number of ether oxygens (including phenoxy) is 2. The molecule has 2 bridgehead atoms. The molecule has 0 N–H and O–H groups in total. The number of nitrogens with zero attached hydrogens (tertiary/aromatic N) is 2. The van der Waals surface area contributed by atoms with Crippen molar-refractivity contribution < 1.29 is 18.8 Å². The molecule has 2 aliphatic carbocycles. The number of rotatable bonds is 4. The summed E-state index contributed by atoms with van der Waals surface area (Å²) >= 11 is 0. The van der Waals surface area contributed by atoms with Gasteiger partial charge >= 0.3 is 0 Å². The zero-order valence-corrected chi connectivity index (χ0v) is 15.4. The molecule has 1 spiro atoms. The van der Waals surface area contributed by atoms with E-state index in [0.29, 0.717) is 25.6 Å². The molecular weight excluding hydrogens is 320 g/mol. The van der Waals surface area contributed by atoms with Crippen molar-refractivity contribution in [2.75, 3.05) is 19.7 Å². The molecule has 3 aliphatic rings. The first-order valence-electron chi connectivity index (χ1n) is 9.33. The van der Waals surface area contributed by atoms with Crippen LogP contribution < -0.4 is 0 Å². The Morgan fingerprint density at radius 1 is 1.40 bits per heavy atom. The van der Waals surface area contributed by atoms with Crippen LogP contribution >= 0.6 is 0 Å². The molecule has 3 atom stereocenters. The van der Waals surface area contributed by atoms with Gasteiger partial charge in [0.2, 0.25) is 5.91 Å². The van der Waals surface area contributed by atoms with Crippen LogP contribution in [-0.4, -0.2) is 46.9 Å². The predicted molar refractivity (Wildman–Crippen MR) is 90.8 cm³/mol. The van der Waals surface area contributed by atoms with Gasteiger partial charge in [0.05, 0.1) is 24.4 Å². The van der Waals surface area contributed by atoms with Gasteiger partial charge < -0.3 is 18.9 Å².